The molecule has 0 radical (unpaired) electrons. The second-order valence-electron chi connectivity index (χ2n) is 7.57. The monoisotopic (exact) mass is 433 g/mol. The Morgan fingerprint density at radius 3 is 2.43 bits per heavy atom. The molecule has 0 bridgehead atoms. The molecule has 1 aromatic rings. The first kappa shape index (κ1) is 24.7. The van der Waals surface area contributed by atoms with Gasteiger partial charge in [-0.1, -0.05) is 27.7 Å². The SMILES string of the molecule is CCN(CC)S(=O)(=O)c1cc(C(=O)N2CCC(N)C(C)(C)C2)ccc1OC.Cl. The summed E-state index contributed by atoms with van der Waals surface area (Å²) in [6.45, 7) is 9.44. The van der Waals surface area contributed by atoms with Crippen molar-refractivity contribution in [2.45, 2.75) is 45.1 Å². The first-order valence-electron chi connectivity index (χ1n) is 9.31. The summed E-state index contributed by atoms with van der Waals surface area (Å²) in [6.07, 6.45) is 0.722. The predicted octanol–water partition coefficient (Wildman–Crippen LogP) is 2.35. The number of hydrogen-bond acceptors (Lipinski definition) is 5. The van der Waals surface area contributed by atoms with Gasteiger partial charge in [0, 0.05) is 37.8 Å². The molecular weight excluding hydrogens is 402 g/mol. The maximum absolute atomic E-state index is 13.0. The van der Waals surface area contributed by atoms with Gasteiger partial charge in [-0.2, -0.15) is 4.31 Å². The van der Waals surface area contributed by atoms with E-state index in [0.29, 0.717) is 31.7 Å². The smallest absolute Gasteiger partial charge is 0.253 e. The van der Waals surface area contributed by atoms with Gasteiger partial charge in [-0.25, -0.2) is 8.42 Å². The second-order valence-corrected chi connectivity index (χ2v) is 9.47. The summed E-state index contributed by atoms with van der Waals surface area (Å²) >= 11 is 0. The number of carbonyl (C=O) groups excluding carboxylic acids is 1. The van der Waals surface area contributed by atoms with E-state index in [1.807, 2.05) is 13.8 Å². The molecule has 2 rings (SSSR count). The summed E-state index contributed by atoms with van der Waals surface area (Å²) in [5.74, 6) is 0.0491. The molecule has 28 heavy (non-hydrogen) atoms. The summed E-state index contributed by atoms with van der Waals surface area (Å²) in [5.41, 5.74) is 6.31. The highest BCUT2D eigenvalue weighted by atomic mass is 35.5. The number of hydrogen-bond donors (Lipinski definition) is 1. The Labute approximate surface area is 174 Å². The van der Waals surface area contributed by atoms with E-state index in [9.17, 15) is 13.2 Å². The van der Waals surface area contributed by atoms with Crippen LogP contribution in [0.2, 0.25) is 0 Å². The lowest BCUT2D eigenvalue weighted by Crippen LogP contribution is -2.54. The molecule has 0 saturated carbocycles. The van der Waals surface area contributed by atoms with Crippen LogP contribution in [0.5, 0.6) is 5.75 Å². The molecule has 160 valence electrons. The largest absolute Gasteiger partial charge is 0.495 e. The fourth-order valence-electron chi connectivity index (χ4n) is 3.44. The summed E-state index contributed by atoms with van der Waals surface area (Å²) in [4.78, 5) is 14.8. The van der Waals surface area contributed by atoms with Crippen LogP contribution in [0.15, 0.2) is 23.1 Å². The number of benzene rings is 1. The number of amides is 1. The van der Waals surface area contributed by atoms with Gasteiger partial charge < -0.3 is 15.4 Å². The van der Waals surface area contributed by atoms with Crippen LogP contribution in [0.4, 0.5) is 0 Å². The first-order valence-corrected chi connectivity index (χ1v) is 10.8. The Bertz CT molecular complexity index is 794. The van der Waals surface area contributed by atoms with Crippen molar-refractivity contribution in [3.8, 4) is 5.75 Å². The minimum atomic E-state index is -3.74. The molecule has 0 aliphatic carbocycles. The number of sulfonamides is 1. The number of carbonyl (C=O) groups is 1. The highest BCUT2D eigenvalue weighted by molar-refractivity contribution is 7.89. The standard InChI is InChI=1S/C19H31N3O4S.ClH/c1-6-22(7-2)27(24,25)16-12-14(8-9-15(16)26-5)18(23)21-11-10-17(20)19(3,4)13-21;/h8-9,12,17H,6-7,10-11,13,20H2,1-5H3;1H. The van der Waals surface area contributed by atoms with Gasteiger partial charge in [0.05, 0.1) is 7.11 Å². The number of rotatable bonds is 6. The van der Waals surface area contributed by atoms with Crippen LogP contribution in [0.3, 0.4) is 0 Å². The number of piperidine rings is 1. The van der Waals surface area contributed by atoms with Crippen molar-refractivity contribution in [2.75, 3.05) is 33.3 Å². The molecule has 1 amide bonds. The maximum atomic E-state index is 13.0. The van der Waals surface area contributed by atoms with E-state index in [1.165, 1.54) is 17.5 Å². The summed E-state index contributed by atoms with van der Waals surface area (Å²) in [7, 11) is -2.32. The molecule has 2 N–H and O–H groups in total. The number of methoxy groups -OCH3 is 1. The number of halogens is 1. The van der Waals surface area contributed by atoms with Crippen molar-refractivity contribution in [1.29, 1.82) is 0 Å². The molecule has 1 heterocycles. The lowest BCUT2D eigenvalue weighted by molar-refractivity contribution is 0.0532. The molecule has 1 atom stereocenters. The van der Waals surface area contributed by atoms with Gasteiger partial charge in [-0.05, 0) is 30.0 Å². The zero-order valence-electron chi connectivity index (χ0n) is 17.3. The van der Waals surface area contributed by atoms with E-state index in [0.717, 1.165) is 6.42 Å². The average molecular weight is 434 g/mol. The highest BCUT2D eigenvalue weighted by Crippen LogP contribution is 2.31. The fraction of sp³-hybridized carbons (Fsp3) is 0.632. The van der Waals surface area contributed by atoms with Gasteiger partial charge in [0.15, 0.2) is 0 Å². The van der Waals surface area contributed by atoms with E-state index in [-0.39, 0.29) is 40.4 Å². The summed E-state index contributed by atoms with van der Waals surface area (Å²) in [5, 5.41) is 0. The van der Waals surface area contributed by atoms with Crippen LogP contribution in [-0.2, 0) is 10.0 Å². The van der Waals surface area contributed by atoms with Crippen molar-refractivity contribution in [3.63, 3.8) is 0 Å². The Balaban J connectivity index is 0.00000392. The van der Waals surface area contributed by atoms with Gasteiger partial charge in [0.1, 0.15) is 10.6 Å². The Morgan fingerprint density at radius 2 is 1.93 bits per heavy atom. The van der Waals surface area contributed by atoms with Crippen LogP contribution >= 0.6 is 12.4 Å². The van der Waals surface area contributed by atoms with Crippen LogP contribution in [0.1, 0.15) is 44.5 Å². The number of nitrogens with zero attached hydrogens (tertiary/aromatic N) is 2. The Morgan fingerprint density at radius 1 is 1.32 bits per heavy atom. The Hall–Kier alpha value is -1.35. The first-order chi connectivity index (χ1) is 12.6. The number of nitrogens with two attached hydrogens (primary N) is 1. The van der Waals surface area contributed by atoms with Crippen molar-refractivity contribution >= 4 is 28.3 Å². The zero-order valence-corrected chi connectivity index (χ0v) is 18.9. The summed E-state index contributed by atoms with van der Waals surface area (Å²) < 4.78 is 32.6. The van der Waals surface area contributed by atoms with Gasteiger partial charge in [-0.15, -0.1) is 12.4 Å². The quantitative estimate of drug-likeness (QED) is 0.743. The molecule has 1 unspecified atom stereocenters. The van der Waals surface area contributed by atoms with E-state index < -0.39 is 10.0 Å². The molecule has 1 aliphatic rings. The summed E-state index contributed by atoms with van der Waals surface area (Å²) in [6, 6.07) is 4.63. The Kier molecular flexibility index (Phi) is 8.32. The molecule has 1 aromatic carbocycles. The van der Waals surface area contributed by atoms with Gasteiger partial charge in [-0.3, -0.25) is 4.79 Å². The van der Waals surface area contributed by atoms with Crippen molar-refractivity contribution in [2.24, 2.45) is 11.1 Å². The van der Waals surface area contributed by atoms with E-state index in [1.54, 1.807) is 30.9 Å². The van der Waals surface area contributed by atoms with Gasteiger partial charge in [0.25, 0.3) is 5.91 Å². The predicted molar refractivity (Wildman–Crippen MR) is 113 cm³/mol. The molecule has 1 aliphatic heterocycles. The van der Waals surface area contributed by atoms with Crippen molar-refractivity contribution in [3.05, 3.63) is 23.8 Å². The van der Waals surface area contributed by atoms with E-state index >= 15 is 0 Å². The molecule has 1 fully saturated rings. The fourth-order valence-corrected chi connectivity index (χ4v) is 5.08. The van der Waals surface area contributed by atoms with Crippen LogP contribution in [0, 0.1) is 5.41 Å². The van der Waals surface area contributed by atoms with Gasteiger partial charge >= 0.3 is 0 Å². The van der Waals surface area contributed by atoms with Crippen LogP contribution in [-0.4, -0.2) is 62.9 Å². The third-order valence-electron chi connectivity index (χ3n) is 5.33. The number of likely N-dealkylation sites (tertiary alicyclic amines) is 1. The molecule has 7 nitrogen and oxygen atoms in total. The third kappa shape index (κ3) is 4.79. The lowest BCUT2D eigenvalue weighted by Gasteiger charge is -2.42. The molecule has 9 heteroatoms. The molecule has 0 aromatic heterocycles. The van der Waals surface area contributed by atoms with Crippen molar-refractivity contribution in [1.82, 2.24) is 9.21 Å². The van der Waals surface area contributed by atoms with Crippen molar-refractivity contribution < 1.29 is 17.9 Å². The highest BCUT2D eigenvalue weighted by Gasteiger charge is 2.36. The van der Waals surface area contributed by atoms with E-state index in [2.05, 4.69) is 0 Å². The van der Waals surface area contributed by atoms with Gasteiger partial charge in [0.2, 0.25) is 10.0 Å². The maximum Gasteiger partial charge on any atom is 0.253 e. The second kappa shape index (κ2) is 9.43. The number of ether oxygens (including phenoxy) is 1. The van der Waals surface area contributed by atoms with Crippen LogP contribution in [0.25, 0.3) is 0 Å². The lowest BCUT2D eigenvalue weighted by atomic mass is 9.79. The minimum Gasteiger partial charge on any atom is -0.495 e. The zero-order chi connectivity index (χ0) is 20.4. The van der Waals surface area contributed by atoms with E-state index in [4.69, 9.17) is 10.5 Å². The normalized spacial score (nSPS) is 19.2. The van der Waals surface area contributed by atoms with Crippen LogP contribution < -0.4 is 10.5 Å². The molecule has 1 saturated heterocycles. The minimum absolute atomic E-state index is 0. The molecular formula is C19H32ClN3O4S. The molecule has 0 spiro atoms. The third-order valence-corrected chi connectivity index (χ3v) is 7.40. The average Bonchev–Trinajstić information content (AvgIpc) is 2.63. The topological polar surface area (TPSA) is 92.9 Å².